The Bertz CT molecular complexity index is 5110. The standard InChI is InChI=1S/C95H134N18O20/c1-57-16-12-11-13-17-58(2)76(125-8)46-69-24-19-62(6)95(124,133-69)88(121)91(122)112-30-15-14-18-72(112)92(123)131-77(70(96)43-63-21-25-73(114)78(44-63)126-9)47-74(115)59(3)41-61(5)86(120)87(127-10)84(60(4)40-57)107-130-55-80(117)100-48-65-49-101-94(102-50-65)110-34-32-109(33-35-110)82(119)54-108(7)53-79(116)99-29-37-129-39-38-128-36-28-81(118)111-31-27-66-42-64(20-22-68(66)52-111)51-113-90-83(89(97)103-56-104-90)85(106-113)67-23-26-75-71(45-67)105-93(98)132-75/h11-13,16-17,20,22-23,26,41-42,45,49-50,56-57,59-60,62-63,69-70,72-74,76-78,86-87,114-115,120,124H,14-15,18-19,21,24-25,27-40,43-44,46-48,51-55,96H2,1-10H3,(H2,98,105)(H,99,116)(H,100,117)(H2,97,103,104)/b13-11+,16-12+,58-17+,61-41+,107-84+/t57-,59-,60-,62-,63+,69+,70-,72+,73-,74-,76+,77+,78-,86-,87+,95-/m1/s1. The zero-order valence-electron chi connectivity index (χ0n) is 78.1. The first-order chi connectivity index (χ1) is 63.9. The smallest absolute Gasteiger partial charge is 0.329 e. The number of fused-ring (bicyclic) bond motifs is 6. The minimum absolute atomic E-state index is 0.000615. The number of rotatable bonds is 28. The van der Waals surface area contributed by atoms with Gasteiger partial charge in [0.1, 0.15) is 47.7 Å². The van der Waals surface area contributed by atoms with E-state index in [1.807, 2.05) is 83.8 Å². The lowest BCUT2D eigenvalue weighted by Crippen LogP contribution is -2.61. The molecule has 133 heavy (non-hydrogen) atoms. The quantitative estimate of drug-likeness (QED) is 0.00970. The fraction of sp³-hybridized carbons (Fsp3) is 0.600. The number of nitrogens with two attached hydrogens (primary N) is 3. The summed E-state index contributed by atoms with van der Waals surface area (Å²) >= 11 is 0. The Labute approximate surface area is 775 Å². The van der Waals surface area contributed by atoms with Crippen molar-refractivity contribution in [2.75, 3.05) is 137 Å². The summed E-state index contributed by atoms with van der Waals surface area (Å²) in [6, 6.07) is 9.75. The molecule has 9 heterocycles. The lowest BCUT2D eigenvalue weighted by Gasteiger charge is -2.42. The number of likely N-dealkylation sites (N-methyl/N-ethyl adjacent to an activating group) is 1. The maximum absolute atomic E-state index is 14.7. The number of amides is 5. The third-order valence-corrected chi connectivity index (χ3v) is 26.3. The Morgan fingerprint density at radius 1 is 0.752 bits per heavy atom. The molecule has 6 aliphatic rings. The second kappa shape index (κ2) is 48.0. The molecule has 1 saturated carbocycles. The monoisotopic (exact) mass is 1850 g/mol. The van der Waals surface area contributed by atoms with Gasteiger partial charge in [0.15, 0.2) is 17.8 Å². The molecule has 2 aromatic carbocycles. The second-order valence-electron chi connectivity index (χ2n) is 36.3. The molecule has 5 amide bonds. The number of ether oxygens (including phenoxy) is 7. The van der Waals surface area contributed by atoms with Crippen molar-refractivity contribution in [2.45, 2.75) is 218 Å². The van der Waals surface area contributed by atoms with Crippen molar-refractivity contribution in [3.05, 3.63) is 125 Å². The summed E-state index contributed by atoms with van der Waals surface area (Å²) in [6.45, 7) is 15.1. The highest BCUT2D eigenvalue weighted by atomic mass is 16.6. The maximum Gasteiger partial charge on any atom is 0.329 e. The number of hydrogen-bond acceptors (Lipinski definition) is 32. The van der Waals surface area contributed by atoms with Gasteiger partial charge in [-0.15, -0.1) is 0 Å². The number of aromatic nitrogens is 7. The first kappa shape index (κ1) is 101. The van der Waals surface area contributed by atoms with Crippen molar-refractivity contribution in [3.8, 4) is 11.3 Å². The Morgan fingerprint density at radius 3 is 2.29 bits per heavy atom. The number of oxime groups is 1. The molecule has 5 aliphatic heterocycles. The van der Waals surface area contributed by atoms with Crippen LogP contribution in [0.25, 0.3) is 33.4 Å². The van der Waals surface area contributed by atoms with E-state index in [0.29, 0.717) is 166 Å². The van der Waals surface area contributed by atoms with E-state index in [1.54, 1.807) is 69.3 Å². The van der Waals surface area contributed by atoms with Gasteiger partial charge in [0.2, 0.25) is 29.5 Å². The summed E-state index contributed by atoms with van der Waals surface area (Å²) in [6.07, 6.45) is 14.2. The van der Waals surface area contributed by atoms with Gasteiger partial charge in [0, 0.05) is 140 Å². The number of cyclic esters (lactones) is 1. The number of anilines is 3. The number of esters is 1. The highest BCUT2D eigenvalue weighted by molar-refractivity contribution is 6.39. The first-order valence-corrected chi connectivity index (χ1v) is 46.4. The summed E-state index contributed by atoms with van der Waals surface area (Å²) in [5.41, 5.74) is 27.8. The van der Waals surface area contributed by atoms with Crippen molar-refractivity contribution in [1.82, 2.24) is 64.9 Å². The number of aliphatic hydroxyl groups excluding tert-OH is 3. The van der Waals surface area contributed by atoms with E-state index in [1.165, 1.54) is 20.5 Å². The molecule has 3 saturated heterocycles. The molecule has 0 unspecified atom stereocenters. The molecule has 0 radical (unpaired) electrons. The van der Waals surface area contributed by atoms with Crippen molar-refractivity contribution in [3.63, 3.8) is 0 Å². The number of nitrogens with zero attached hydrogens (tertiary/aromatic N) is 13. The number of allylic oxidation sites excluding steroid dienone is 5. The lowest BCUT2D eigenvalue weighted by atomic mass is 9.80. The van der Waals surface area contributed by atoms with Gasteiger partial charge in [-0.25, -0.2) is 29.4 Å². The third-order valence-electron chi connectivity index (χ3n) is 26.3. The minimum Gasteiger partial charge on any atom is -0.459 e. The molecule has 4 aromatic heterocycles. The van der Waals surface area contributed by atoms with E-state index >= 15 is 0 Å². The number of carbonyl (C=O) groups is 7. The molecule has 0 spiro atoms. The number of piperidine rings is 1. The summed E-state index contributed by atoms with van der Waals surface area (Å²) in [4.78, 5) is 133. The number of benzene rings is 2. The van der Waals surface area contributed by atoms with E-state index in [2.05, 4.69) is 52.8 Å². The zero-order chi connectivity index (χ0) is 95.2. The summed E-state index contributed by atoms with van der Waals surface area (Å²) < 4.78 is 48.9. The van der Waals surface area contributed by atoms with Gasteiger partial charge >= 0.3 is 5.97 Å². The van der Waals surface area contributed by atoms with Gasteiger partial charge in [-0.1, -0.05) is 87.5 Å². The van der Waals surface area contributed by atoms with Gasteiger partial charge in [-0.3, -0.25) is 33.7 Å². The average Bonchev–Trinajstić information content (AvgIpc) is 1.16. The molecule has 38 nitrogen and oxygen atoms in total. The highest BCUT2D eigenvalue weighted by Crippen LogP contribution is 2.39. The molecular formula is C95H134N18O20. The topological polar surface area (TPSA) is 500 Å². The van der Waals surface area contributed by atoms with Crippen LogP contribution in [0.1, 0.15) is 147 Å². The number of nitrogens with one attached hydrogen (secondary N) is 2. The van der Waals surface area contributed by atoms with Crippen molar-refractivity contribution in [2.24, 2.45) is 40.5 Å². The highest BCUT2D eigenvalue weighted by Gasteiger charge is 2.53. The van der Waals surface area contributed by atoms with Crippen molar-refractivity contribution < 1.29 is 96.4 Å². The fourth-order valence-electron chi connectivity index (χ4n) is 18.5. The summed E-state index contributed by atoms with van der Waals surface area (Å²) in [5.74, 6) is -7.70. The van der Waals surface area contributed by atoms with Crippen LogP contribution in [0.15, 0.2) is 112 Å². The number of ketones is 1. The third kappa shape index (κ3) is 26.9. The van der Waals surface area contributed by atoms with Crippen LogP contribution in [0, 0.1) is 29.6 Å². The van der Waals surface area contributed by atoms with Crippen LogP contribution in [0.5, 0.6) is 0 Å². The van der Waals surface area contributed by atoms with Crippen LogP contribution in [0.4, 0.5) is 17.8 Å². The Kier molecular flexibility index (Phi) is 36.6. The Balaban J connectivity index is 0.573. The van der Waals surface area contributed by atoms with Crippen LogP contribution >= 0.6 is 0 Å². The molecule has 724 valence electrons. The predicted molar refractivity (Wildman–Crippen MR) is 495 cm³/mol. The normalized spacial score (nSPS) is 27.8. The first-order valence-electron chi connectivity index (χ1n) is 46.4. The Morgan fingerprint density at radius 2 is 1.53 bits per heavy atom. The molecule has 12 N–H and O–H groups in total. The Hall–Kier alpha value is -10.6. The van der Waals surface area contributed by atoms with Crippen LogP contribution < -0.4 is 32.7 Å². The van der Waals surface area contributed by atoms with Crippen molar-refractivity contribution >= 4 is 86.9 Å². The number of piperazine rings is 1. The van der Waals surface area contributed by atoms with Crippen LogP contribution in [-0.2, 0) is 97.6 Å². The van der Waals surface area contributed by atoms with E-state index in [4.69, 9.17) is 64.7 Å². The van der Waals surface area contributed by atoms with Gasteiger partial charge in [-0.05, 0) is 149 Å². The van der Waals surface area contributed by atoms with Gasteiger partial charge in [0.05, 0.1) is 94.1 Å². The number of hydrogen-bond donors (Lipinski definition) is 9. The second-order valence-corrected chi connectivity index (χ2v) is 36.3. The molecule has 4 fully saturated rings. The molecular weight excluding hydrogens is 1710 g/mol. The van der Waals surface area contributed by atoms with Gasteiger partial charge in [0.25, 0.3) is 23.6 Å². The van der Waals surface area contributed by atoms with E-state index in [0.717, 1.165) is 32.7 Å². The lowest BCUT2D eigenvalue weighted by molar-refractivity contribution is -0.265. The molecule has 16 atom stereocenters. The van der Waals surface area contributed by atoms with Crippen LogP contribution in [-0.4, -0.2) is 309 Å². The number of carbonyl (C=O) groups excluding carboxylic acids is 7. The fourth-order valence-corrected chi connectivity index (χ4v) is 18.5. The van der Waals surface area contributed by atoms with Crippen molar-refractivity contribution in [1.29, 1.82) is 0 Å². The summed E-state index contributed by atoms with van der Waals surface area (Å²) in [7, 11) is 6.24. The molecule has 12 rings (SSSR count). The number of Topliss-reactive ketones (excluding diaryl/α,β-unsaturated/α-hetero) is 1. The van der Waals surface area contributed by atoms with Gasteiger partial charge in [-0.2, -0.15) is 10.1 Å². The molecule has 2 bridgehead atoms. The minimum atomic E-state index is -2.49. The number of aliphatic hydroxyl groups is 4. The average molecular weight is 1850 g/mol. The van der Waals surface area contributed by atoms with E-state index in [-0.39, 0.29) is 120 Å². The van der Waals surface area contributed by atoms with Crippen LogP contribution in [0.2, 0.25) is 0 Å². The molecule has 38 heteroatoms. The maximum atomic E-state index is 14.7. The number of nitrogen functional groups attached to an aromatic ring is 2. The summed E-state index contributed by atoms with van der Waals surface area (Å²) in [5, 5.41) is 63.1. The van der Waals surface area contributed by atoms with Gasteiger partial charge < -0.3 is 110 Å². The van der Waals surface area contributed by atoms with E-state index in [9.17, 15) is 54.0 Å². The zero-order valence-corrected chi connectivity index (χ0v) is 78.1. The SMILES string of the molecule is CO[C@H]1C[C@@H]2CC[C@@H](C)[C@@](O)(O2)C(=O)C(=O)N2CCCC[C@H]2C(=O)O[C@H]([C@H](N)C[C@@H]2CC[C@@H](O)[C@H](OC)C2)C[C@@H](O)[C@H](C)/C=C(\C)[C@@H](O)[C@@H](OC)/C(=N/OCC(=O)NCc2cnc(N3CCN(C(=O)CN(C)CC(=O)NCCOCCOCCC(=O)N4CCc5cc(Cn6nc(-c7ccc8oc(N)nc8c7)c7c(N)ncnc76)ccc5C4)CC3)nc2)[C@H](C)C[C@H](C)/C=C/C=C/C=C/1C. The molecule has 1 aliphatic carbocycles. The number of oxazole rings is 1. The molecule has 6 aromatic rings. The predicted octanol–water partition coefficient (Wildman–Crippen LogP) is 5.44. The number of methoxy groups -OCH3 is 3. The van der Waals surface area contributed by atoms with Crippen LogP contribution in [0.3, 0.4) is 0 Å². The largest absolute Gasteiger partial charge is 0.459 e. The van der Waals surface area contributed by atoms with E-state index < -0.39 is 115 Å².